The second kappa shape index (κ2) is 6.57. The van der Waals surface area contributed by atoms with Crippen LogP contribution in [0.15, 0.2) is 18.2 Å². The maximum absolute atomic E-state index is 12.1. The van der Waals surface area contributed by atoms with E-state index in [9.17, 15) is 4.79 Å². The van der Waals surface area contributed by atoms with Gasteiger partial charge in [-0.3, -0.25) is 4.79 Å². The zero-order chi connectivity index (χ0) is 14.5. The number of nitrogens with one attached hydrogen (secondary N) is 2. The van der Waals surface area contributed by atoms with Crippen molar-refractivity contribution in [3.05, 3.63) is 29.3 Å². The summed E-state index contributed by atoms with van der Waals surface area (Å²) in [5.41, 5.74) is 2.35. The molecule has 0 aliphatic heterocycles. The smallest absolute Gasteiger partial charge is 0.251 e. The van der Waals surface area contributed by atoms with Crippen LogP contribution in [-0.2, 0) is 4.74 Å². The van der Waals surface area contributed by atoms with Crippen molar-refractivity contribution in [1.29, 1.82) is 0 Å². The molecule has 4 nitrogen and oxygen atoms in total. The average molecular weight is 264 g/mol. The van der Waals surface area contributed by atoms with Crippen LogP contribution < -0.4 is 10.6 Å². The first kappa shape index (κ1) is 15.5. The second-order valence-electron chi connectivity index (χ2n) is 5.21. The Morgan fingerprint density at radius 2 is 2.05 bits per heavy atom. The Morgan fingerprint density at radius 3 is 2.58 bits per heavy atom. The number of ether oxygens (including phenoxy) is 1. The molecule has 1 aromatic rings. The minimum Gasteiger partial charge on any atom is -0.385 e. The lowest BCUT2D eigenvalue weighted by Gasteiger charge is -2.23. The third-order valence-corrected chi connectivity index (χ3v) is 3.08. The molecule has 0 fully saturated rings. The second-order valence-corrected chi connectivity index (χ2v) is 5.21. The van der Waals surface area contributed by atoms with Gasteiger partial charge >= 0.3 is 0 Å². The molecule has 1 rings (SSSR count). The number of benzene rings is 1. The molecule has 1 amide bonds. The first-order chi connectivity index (χ1) is 8.89. The van der Waals surface area contributed by atoms with Gasteiger partial charge in [-0.1, -0.05) is 0 Å². The van der Waals surface area contributed by atoms with E-state index in [0.29, 0.717) is 12.1 Å². The summed E-state index contributed by atoms with van der Waals surface area (Å²) < 4.78 is 5.28. The van der Waals surface area contributed by atoms with Crippen molar-refractivity contribution in [3.63, 3.8) is 0 Å². The summed E-state index contributed by atoms with van der Waals surface area (Å²) in [4.78, 5) is 12.1. The minimum atomic E-state index is -0.354. The van der Waals surface area contributed by atoms with E-state index < -0.39 is 0 Å². The Bertz CT molecular complexity index is 442. The fraction of sp³-hybridized carbons (Fsp3) is 0.533. The van der Waals surface area contributed by atoms with Crippen LogP contribution in [-0.4, -0.2) is 31.7 Å². The lowest BCUT2D eigenvalue weighted by atomic mass is 10.1. The quantitative estimate of drug-likeness (QED) is 0.830. The van der Waals surface area contributed by atoms with Gasteiger partial charge in [0.05, 0.1) is 5.60 Å². The van der Waals surface area contributed by atoms with Crippen LogP contribution in [0.4, 0.5) is 5.69 Å². The molecular formula is C15H24N2O2. The van der Waals surface area contributed by atoms with Gasteiger partial charge < -0.3 is 15.4 Å². The van der Waals surface area contributed by atoms with Crippen molar-refractivity contribution in [2.75, 3.05) is 25.5 Å². The number of methoxy groups -OCH3 is 1. The number of carbonyl (C=O) groups excluding carboxylic acids is 1. The van der Waals surface area contributed by atoms with Crippen molar-refractivity contribution in [2.24, 2.45) is 0 Å². The van der Waals surface area contributed by atoms with Crippen LogP contribution in [0.2, 0.25) is 0 Å². The number of anilines is 1. The molecule has 4 heteroatoms. The van der Waals surface area contributed by atoms with Gasteiger partial charge in [0.25, 0.3) is 5.91 Å². The van der Waals surface area contributed by atoms with E-state index in [-0.39, 0.29) is 11.5 Å². The molecule has 0 radical (unpaired) electrons. The van der Waals surface area contributed by atoms with Crippen molar-refractivity contribution >= 4 is 11.6 Å². The largest absolute Gasteiger partial charge is 0.385 e. The highest BCUT2D eigenvalue weighted by Gasteiger charge is 2.18. The average Bonchev–Trinajstić information content (AvgIpc) is 2.37. The monoisotopic (exact) mass is 264 g/mol. The molecule has 0 bridgehead atoms. The molecule has 19 heavy (non-hydrogen) atoms. The molecule has 0 saturated carbocycles. The number of hydrogen-bond donors (Lipinski definition) is 2. The predicted octanol–water partition coefficient (Wildman–Crippen LogP) is 2.58. The van der Waals surface area contributed by atoms with Gasteiger partial charge in [0, 0.05) is 31.5 Å². The molecule has 0 aromatic heterocycles. The summed E-state index contributed by atoms with van der Waals surface area (Å²) in [5, 5.41) is 6.13. The Morgan fingerprint density at radius 1 is 1.37 bits per heavy atom. The standard InChI is InChI=1S/C15H24N2O2/c1-6-16-12-7-8-13(11(2)9-12)14(18)17-10-15(3,4)19-5/h7-9,16H,6,10H2,1-5H3,(H,17,18). The maximum Gasteiger partial charge on any atom is 0.251 e. The van der Waals surface area contributed by atoms with E-state index in [1.165, 1.54) is 0 Å². The summed E-state index contributed by atoms with van der Waals surface area (Å²) >= 11 is 0. The molecule has 0 aliphatic rings. The van der Waals surface area contributed by atoms with E-state index in [1.54, 1.807) is 7.11 Å². The normalized spacial score (nSPS) is 11.2. The minimum absolute atomic E-state index is 0.0642. The van der Waals surface area contributed by atoms with Crippen LogP contribution in [0.5, 0.6) is 0 Å². The molecule has 0 heterocycles. The van der Waals surface area contributed by atoms with Gasteiger partial charge in [-0.05, 0) is 51.5 Å². The molecule has 0 aliphatic carbocycles. The SMILES string of the molecule is CCNc1ccc(C(=O)NCC(C)(C)OC)c(C)c1. The van der Waals surface area contributed by atoms with Crippen molar-refractivity contribution in [2.45, 2.75) is 33.3 Å². The van der Waals surface area contributed by atoms with Crippen molar-refractivity contribution < 1.29 is 9.53 Å². The number of hydrogen-bond acceptors (Lipinski definition) is 3. The summed E-state index contributed by atoms with van der Waals surface area (Å²) in [6, 6.07) is 5.76. The van der Waals surface area contributed by atoms with Gasteiger partial charge in [-0.2, -0.15) is 0 Å². The van der Waals surface area contributed by atoms with E-state index in [4.69, 9.17) is 4.74 Å². The molecule has 0 spiro atoms. The molecule has 106 valence electrons. The molecular weight excluding hydrogens is 240 g/mol. The van der Waals surface area contributed by atoms with Crippen LogP contribution in [0, 0.1) is 6.92 Å². The molecule has 0 atom stereocenters. The van der Waals surface area contributed by atoms with Crippen LogP contribution in [0.1, 0.15) is 36.7 Å². The highest BCUT2D eigenvalue weighted by molar-refractivity contribution is 5.96. The number of aryl methyl sites for hydroxylation is 1. The zero-order valence-electron chi connectivity index (χ0n) is 12.5. The van der Waals surface area contributed by atoms with E-state index in [1.807, 2.05) is 45.9 Å². The number of rotatable bonds is 6. The molecule has 2 N–H and O–H groups in total. The Labute approximate surface area is 115 Å². The van der Waals surface area contributed by atoms with Gasteiger partial charge in [0.1, 0.15) is 0 Å². The van der Waals surface area contributed by atoms with Crippen molar-refractivity contribution in [1.82, 2.24) is 5.32 Å². The molecule has 1 aromatic carbocycles. The topological polar surface area (TPSA) is 50.4 Å². The summed E-state index contributed by atoms with van der Waals surface area (Å²) in [6.45, 7) is 9.21. The first-order valence-corrected chi connectivity index (χ1v) is 6.57. The Hall–Kier alpha value is -1.55. The highest BCUT2D eigenvalue weighted by atomic mass is 16.5. The van der Waals surface area contributed by atoms with Gasteiger partial charge in [-0.25, -0.2) is 0 Å². The van der Waals surface area contributed by atoms with Gasteiger partial charge in [0.15, 0.2) is 0 Å². The first-order valence-electron chi connectivity index (χ1n) is 6.57. The number of amides is 1. The summed E-state index contributed by atoms with van der Waals surface area (Å²) in [7, 11) is 1.64. The van der Waals surface area contributed by atoms with Gasteiger partial charge in [0.2, 0.25) is 0 Å². The van der Waals surface area contributed by atoms with Crippen LogP contribution in [0.25, 0.3) is 0 Å². The zero-order valence-corrected chi connectivity index (χ0v) is 12.5. The van der Waals surface area contributed by atoms with Crippen LogP contribution in [0.3, 0.4) is 0 Å². The maximum atomic E-state index is 12.1. The molecule has 0 saturated heterocycles. The van der Waals surface area contributed by atoms with Gasteiger partial charge in [-0.15, -0.1) is 0 Å². The summed E-state index contributed by atoms with van der Waals surface area (Å²) in [5.74, 6) is -0.0642. The van der Waals surface area contributed by atoms with Crippen LogP contribution >= 0.6 is 0 Å². The van der Waals surface area contributed by atoms with Crippen molar-refractivity contribution in [3.8, 4) is 0 Å². The lowest BCUT2D eigenvalue weighted by molar-refractivity contribution is 0.0228. The van der Waals surface area contributed by atoms with E-state index in [0.717, 1.165) is 17.8 Å². The fourth-order valence-electron chi connectivity index (χ4n) is 1.69. The third-order valence-electron chi connectivity index (χ3n) is 3.08. The number of carbonyl (C=O) groups is 1. The van der Waals surface area contributed by atoms with E-state index >= 15 is 0 Å². The molecule has 0 unspecified atom stereocenters. The summed E-state index contributed by atoms with van der Waals surface area (Å²) in [6.07, 6.45) is 0. The Balaban J connectivity index is 2.72. The third kappa shape index (κ3) is 4.56. The fourth-order valence-corrected chi connectivity index (χ4v) is 1.69. The lowest BCUT2D eigenvalue weighted by Crippen LogP contribution is -2.39. The Kier molecular flexibility index (Phi) is 5.36. The highest BCUT2D eigenvalue weighted by Crippen LogP contribution is 2.15. The van der Waals surface area contributed by atoms with E-state index in [2.05, 4.69) is 10.6 Å². The predicted molar refractivity (Wildman–Crippen MR) is 78.8 cm³/mol.